The minimum Gasteiger partial charge on any atom is -0.508 e. The Kier molecular flexibility index (Phi) is 3.27. The van der Waals surface area contributed by atoms with Crippen molar-refractivity contribution < 1.29 is 9.94 Å². The van der Waals surface area contributed by atoms with Crippen LogP contribution in [0.1, 0.15) is 38.2 Å². The lowest BCUT2D eigenvalue weighted by Gasteiger charge is -2.52. The second kappa shape index (κ2) is 4.80. The molecule has 0 bridgehead atoms. The van der Waals surface area contributed by atoms with Crippen LogP contribution in [0.2, 0.25) is 0 Å². The first kappa shape index (κ1) is 12.9. The van der Waals surface area contributed by atoms with Gasteiger partial charge < -0.3 is 5.11 Å². The van der Waals surface area contributed by atoms with Crippen molar-refractivity contribution in [2.75, 3.05) is 13.6 Å². The van der Waals surface area contributed by atoms with Crippen LogP contribution in [-0.4, -0.2) is 23.8 Å². The summed E-state index contributed by atoms with van der Waals surface area (Å²) in [5, 5.41) is 11.8. The SMILES string of the molecule is CC1CN(C)O[C@@]2(c3cccc(O)c3)CCCC[C@H]12. The predicted octanol–water partition coefficient (Wildman–Crippen LogP) is 3.29. The molecule has 1 heterocycles. The summed E-state index contributed by atoms with van der Waals surface area (Å²) in [6, 6.07) is 7.63. The molecule has 2 aliphatic rings. The average Bonchev–Trinajstić information content (AvgIpc) is 2.38. The molecule has 0 aromatic heterocycles. The molecule has 1 N–H and O–H groups in total. The van der Waals surface area contributed by atoms with Crippen LogP contribution < -0.4 is 0 Å². The molecular formula is C16H23NO2. The fraction of sp³-hybridized carbons (Fsp3) is 0.625. The molecule has 1 aromatic carbocycles. The number of phenols is 1. The van der Waals surface area contributed by atoms with Gasteiger partial charge >= 0.3 is 0 Å². The van der Waals surface area contributed by atoms with E-state index < -0.39 is 0 Å². The molecule has 3 heteroatoms. The van der Waals surface area contributed by atoms with Crippen LogP contribution in [-0.2, 0) is 10.4 Å². The van der Waals surface area contributed by atoms with Crippen molar-refractivity contribution in [1.29, 1.82) is 0 Å². The van der Waals surface area contributed by atoms with Crippen LogP contribution in [0.25, 0.3) is 0 Å². The normalized spacial score (nSPS) is 35.9. The predicted molar refractivity (Wildman–Crippen MR) is 74.6 cm³/mol. The van der Waals surface area contributed by atoms with Crippen molar-refractivity contribution in [2.45, 2.75) is 38.2 Å². The zero-order valence-electron chi connectivity index (χ0n) is 11.8. The van der Waals surface area contributed by atoms with E-state index >= 15 is 0 Å². The Morgan fingerprint density at radius 2 is 2.21 bits per heavy atom. The number of benzene rings is 1. The summed E-state index contributed by atoms with van der Waals surface area (Å²) in [7, 11) is 2.02. The minimum atomic E-state index is -0.233. The maximum Gasteiger partial charge on any atom is 0.118 e. The zero-order valence-corrected chi connectivity index (χ0v) is 11.8. The van der Waals surface area contributed by atoms with Crippen molar-refractivity contribution in [3.05, 3.63) is 29.8 Å². The van der Waals surface area contributed by atoms with Crippen LogP contribution in [0, 0.1) is 11.8 Å². The Labute approximate surface area is 115 Å². The third-order valence-corrected chi connectivity index (χ3v) is 4.80. The number of hydroxylamine groups is 2. The minimum absolute atomic E-state index is 0.233. The van der Waals surface area contributed by atoms with Gasteiger partial charge in [0.25, 0.3) is 0 Å². The summed E-state index contributed by atoms with van der Waals surface area (Å²) < 4.78 is 0. The molecule has 0 amide bonds. The van der Waals surface area contributed by atoms with E-state index in [4.69, 9.17) is 4.84 Å². The van der Waals surface area contributed by atoms with Crippen molar-refractivity contribution in [1.82, 2.24) is 5.06 Å². The van der Waals surface area contributed by atoms with Gasteiger partial charge in [-0.05, 0) is 42.4 Å². The molecule has 3 nitrogen and oxygen atoms in total. The Hall–Kier alpha value is -1.06. The number of hydrogen-bond acceptors (Lipinski definition) is 3. The van der Waals surface area contributed by atoms with Crippen LogP contribution in [0.15, 0.2) is 24.3 Å². The topological polar surface area (TPSA) is 32.7 Å². The highest BCUT2D eigenvalue weighted by Crippen LogP contribution is 2.51. The fourth-order valence-corrected chi connectivity index (χ4v) is 4.06. The number of nitrogens with zero attached hydrogens (tertiary/aromatic N) is 1. The summed E-state index contributed by atoms with van der Waals surface area (Å²) in [6.45, 7) is 3.32. The van der Waals surface area contributed by atoms with E-state index in [2.05, 4.69) is 13.0 Å². The van der Waals surface area contributed by atoms with Crippen LogP contribution in [0.5, 0.6) is 5.75 Å². The highest BCUT2D eigenvalue weighted by Gasteiger charge is 2.50. The van der Waals surface area contributed by atoms with E-state index in [0.29, 0.717) is 17.6 Å². The van der Waals surface area contributed by atoms with Gasteiger partial charge in [-0.25, -0.2) is 0 Å². The third kappa shape index (κ3) is 2.15. The van der Waals surface area contributed by atoms with Crippen LogP contribution in [0.3, 0.4) is 0 Å². The molecule has 0 spiro atoms. The molecule has 1 aliphatic heterocycles. The van der Waals surface area contributed by atoms with Crippen molar-refractivity contribution in [3.63, 3.8) is 0 Å². The smallest absolute Gasteiger partial charge is 0.118 e. The second-order valence-corrected chi connectivity index (χ2v) is 6.17. The molecule has 104 valence electrons. The van der Waals surface area contributed by atoms with Gasteiger partial charge in [-0.2, -0.15) is 5.06 Å². The molecular weight excluding hydrogens is 238 g/mol. The summed E-state index contributed by atoms with van der Waals surface area (Å²) in [5.41, 5.74) is 0.902. The summed E-state index contributed by atoms with van der Waals surface area (Å²) in [4.78, 5) is 6.31. The van der Waals surface area contributed by atoms with Gasteiger partial charge in [0, 0.05) is 13.6 Å². The van der Waals surface area contributed by atoms with Crippen LogP contribution in [0.4, 0.5) is 0 Å². The Balaban J connectivity index is 2.05. The number of hydrogen-bond donors (Lipinski definition) is 1. The average molecular weight is 261 g/mol. The molecule has 3 atom stereocenters. The molecule has 1 saturated heterocycles. The lowest BCUT2D eigenvalue weighted by molar-refractivity contribution is -0.312. The second-order valence-electron chi connectivity index (χ2n) is 6.17. The Morgan fingerprint density at radius 1 is 1.37 bits per heavy atom. The summed E-state index contributed by atoms with van der Waals surface area (Å²) in [6.07, 6.45) is 4.77. The van der Waals surface area contributed by atoms with Crippen molar-refractivity contribution in [3.8, 4) is 5.75 Å². The summed E-state index contributed by atoms with van der Waals surface area (Å²) >= 11 is 0. The van der Waals surface area contributed by atoms with Gasteiger partial charge in [-0.3, -0.25) is 4.84 Å². The molecule has 3 rings (SSSR count). The van der Waals surface area contributed by atoms with E-state index in [9.17, 15) is 5.11 Å². The molecule has 1 saturated carbocycles. The number of phenolic OH excluding ortho intramolecular Hbond substituents is 1. The molecule has 1 aromatic rings. The lowest BCUT2D eigenvalue weighted by Crippen LogP contribution is -2.53. The Morgan fingerprint density at radius 3 is 3.00 bits per heavy atom. The maximum absolute atomic E-state index is 9.79. The van der Waals surface area contributed by atoms with E-state index in [1.165, 1.54) is 19.3 Å². The highest BCUT2D eigenvalue weighted by atomic mass is 16.7. The molecule has 0 radical (unpaired) electrons. The quantitative estimate of drug-likeness (QED) is 0.842. The largest absolute Gasteiger partial charge is 0.508 e. The first-order chi connectivity index (χ1) is 9.12. The molecule has 1 unspecified atom stereocenters. The Bertz CT molecular complexity index is 462. The molecule has 2 fully saturated rings. The maximum atomic E-state index is 9.79. The standard InChI is InChI=1S/C16H23NO2/c1-12-11-17(2)19-16(9-4-3-8-15(12)16)13-6-5-7-14(18)10-13/h5-7,10,12,15,18H,3-4,8-9,11H2,1-2H3/t12?,15-,16-/m1/s1. The van der Waals surface area contributed by atoms with Gasteiger partial charge in [0.1, 0.15) is 11.4 Å². The third-order valence-electron chi connectivity index (χ3n) is 4.80. The molecule has 1 aliphatic carbocycles. The highest BCUT2D eigenvalue weighted by molar-refractivity contribution is 5.33. The number of fused-ring (bicyclic) bond motifs is 1. The van der Waals surface area contributed by atoms with Gasteiger partial charge in [-0.1, -0.05) is 31.9 Å². The first-order valence-electron chi connectivity index (χ1n) is 7.31. The van der Waals surface area contributed by atoms with E-state index in [0.717, 1.165) is 18.5 Å². The van der Waals surface area contributed by atoms with Gasteiger partial charge in [-0.15, -0.1) is 0 Å². The van der Waals surface area contributed by atoms with E-state index in [1.807, 2.05) is 24.2 Å². The molecule has 19 heavy (non-hydrogen) atoms. The monoisotopic (exact) mass is 261 g/mol. The van der Waals surface area contributed by atoms with E-state index in [1.54, 1.807) is 6.07 Å². The van der Waals surface area contributed by atoms with Crippen molar-refractivity contribution >= 4 is 0 Å². The van der Waals surface area contributed by atoms with Crippen LogP contribution >= 0.6 is 0 Å². The fourth-order valence-electron chi connectivity index (χ4n) is 4.06. The zero-order chi connectivity index (χ0) is 13.5. The number of rotatable bonds is 1. The van der Waals surface area contributed by atoms with Gasteiger partial charge in [0.2, 0.25) is 0 Å². The summed E-state index contributed by atoms with van der Waals surface area (Å²) in [5.74, 6) is 1.52. The van der Waals surface area contributed by atoms with Gasteiger partial charge in [0.15, 0.2) is 0 Å². The van der Waals surface area contributed by atoms with E-state index in [-0.39, 0.29) is 5.60 Å². The number of aromatic hydroxyl groups is 1. The lowest BCUT2D eigenvalue weighted by atomic mass is 9.66. The first-order valence-corrected chi connectivity index (χ1v) is 7.31. The van der Waals surface area contributed by atoms with Crippen molar-refractivity contribution in [2.24, 2.45) is 11.8 Å². The van der Waals surface area contributed by atoms with Gasteiger partial charge in [0.05, 0.1) is 0 Å².